The average Bonchev–Trinajstić information content (AvgIpc) is 2.91. The maximum Gasteiger partial charge on any atom is 0.261 e. The topological polar surface area (TPSA) is 62.0 Å². The van der Waals surface area contributed by atoms with Crippen LogP contribution in [0.15, 0.2) is 46.7 Å². The second-order valence-corrected chi connectivity index (χ2v) is 5.38. The van der Waals surface area contributed by atoms with Crippen LogP contribution in [-0.4, -0.2) is 10.9 Å². The largest absolute Gasteiger partial charge is 0.352 e. The maximum absolute atomic E-state index is 12.2. The molecule has 0 spiro atoms. The van der Waals surface area contributed by atoms with E-state index in [1.54, 1.807) is 6.07 Å². The number of aromatic amines is 1. The Morgan fingerprint density at radius 3 is 2.85 bits per heavy atom. The van der Waals surface area contributed by atoms with Crippen molar-refractivity contribution in [3.63, 3.8) is 0 Å². The lowest BCUT2D eigenvalue weighted by atomic mass is 10.1. The van der Waals surface area contributed by atoms with Gasteiger partial charge in [-0.3, -0.25) is 9.59 Å². The molecule has 0 fully saturated rings. The Morgan fingerprint density at radius 2 is 2.05 bits per heavy atom. The van der Waals surface area contributed by atoms with Crippen molar-refractivity contribution in [2.75, 3.05) is 5.32 Å². The molecule has 0 saturated carbocycles. The van der Waals surface area contributed by atoms with Gasteiger partial charge in [0.15, 0.2) is 0 Å². The molecule has 0 bridgehead atoms. The van der Waals surface area contributed by atoms with Crippen LogP contribution in [0, 0.1) is 6.92 Å². The Hall–Kier alpha value is -2.40. The molecule has 0 unspecified atom stereocenters. The minimum Gasteiger partial charge on any atom is -0.352 e. The first kappa shape index (κ1) is 12.6. The Labute approximate surface area is 119 Å². The van der Waals surface area contributed by atoms with Gasteiger partial charge in [-0.1, -0.05) is 18.2 Å². The Morgan fingerprint density at radius 1 is 1.25 bits per heavy atom. The number of anilines is 1. The summed E-state index contributed by atoms with van der Waals surface area (Å²) < 4.78 is 0. The number of carbonyl (C=O) groups is 1. The highest BCUT2D eigenvalue weighted by Gasteiger charge is 2.14. The zero-order chi connectivity index (χ0) is 14.1. The molecular formula is C15H12N2O2S. The molecule has 2 N–H and O–H groups in total. The molecule has 100 valence electrons. The molecule has 20 heavy (non-hydrogen) atoms. The number of carbonyl (C=O) groups excluding carboxylic acids is 1. The third kappa shape index (κ3) is 2.12. The van der Waals surface area contributed by atoms with E-state index in [0.717, 1.165) is 10.4 Å². The highest BCUT2D eigenvalue weighted by Crippen LogP contribution is 2.17. The Bertz CT molecular complexity index is 848. The third-order valence-corrected chi connectivity index (χ3v) is 3.99. The van der Waals surface area contributed by atoms with E-state index in [4.69, 9.17) is 0 Å². The van der Waals surface area contributed by atoms with Crippen LogP contribution in [0.25, 0.3) is 10.2 Å². The number of aromatic nitrogens is 1. The van der Waals surface area contributed by atoms with Gasteiger partial charge in [-0.15, -0.1) is 11.3 Å². The van der Waals surface area contributed by atoms with Gasteiger partial charge in [0, 0.05) is 11.9 Å². The number of nitrogens with one attached hydrogen (secondary N) is 2. The van der Waals surface area contributed by atoms with Gasteiger partial charge in [0.05, 0.1) is 5.39 Å². The number of rotatable bonds is 2. The average molecular weight is 284 g/mol. The van der Waals surface area contributed by atoms with Crippen LogP contribution >= 0.6 is 11.3 Å². The van der Waals surface area contributed by atoms with Crippen molar-refractivity contribution in [1.82, 2.24) is 4.98 Å². The Balaban J connectivity index is 1.99. The van der Waals surface area contributed by atoms with Crippen LogP contribution < -0.4 is 10.7 Å². The lowest BCUT2D eigenvalue weighted by molar-refractivity contribution is 0.102. The monoisotopic (exact) mass is 284 g/mol. The number of para-hydroxylation sites is 1. The van der Waals surface area contributed by atoms with E-state index in [1.165, 1.54) is 17.5 Å². The van der Waals surface area contributed by atoms with Crippen molar-refractivity contribution < 1.29 is 4.79 Å². The smallest absolute Gasteiger partial charge is 0.261 e. The van der Waals surface area contributed by atoms with E-state index in [1.807, 2.05) is 36.6 Å². The van der Waals surface area contributed by atoms with E-state index < -0.39 is 5.91 Å². The van der Waals surface area contributed by atoms with Crippen molar-refractivity contribution in [3.8, 4) is 0 Å². The molecule has 0 aliphatic carbocycles. The first-order chi connectivity index (χ1) is 9.66. The van der Waals surface area contributed by atoms with Crippen LogP contribution in [0.3, 0.4) is 0 Å². The molecular weight excluding hydrogens is 272 g/mol. The zero-order valence-electron chi connectivity index (χ0n) is 10.8. The van der Waals surface area contributed by atoms with E-state index in [2.05, 4.69) is 10.3 Å². The first-order valence-corrected chi connectivity index (χ1v) is 7.00. The van der Waals surface area contributed by atoms with Crippen LogP contribution in [0.1, 0.15) is 15.9 Å². The van der Waals surface area contributed by atoms with Gasteiger partial charge in [0.2, 0.25) is 5.43 Å². The molecule has 0 radical (unpaired) electrons. The minimum atomic E-state index is -0.395. The number of benzene rings is 1. The molecule has 2 heterocycles. The van der Waals surface area contributed by atoms with E-state index in [-0.39, 0.29) is 11.0 Å². The lowest BCUT2D eigenvalue weighted by Crippen LogP contribution is -2.21. The van der Waals surface area contributed by atoms with Gasteiger partial charge in [0.1, 0.15) is 10.4 Å². The number of pyridine rings is 1. The number of amides is 1. The van der Waals surface area contributed by atoms with Crippen molar-refractivity contribution in [2.45, 2.75) is 6.92 Å². The fourth-order valence-corrected chi connectivity index (χ4v) is 2.77. The summed E-state index contributed by atoms with van der Waals surface area (Å²) in [5.41, 5.74) is 1.54. The highest BCUT2D eigenvalue weighted by atomic mass is 32.1. The fraction of sp³-hybridized carbons (Fsp3) is 0.0667. The molecule has 3 aromatic rings. The summed E-state index contributed by atoms with van der Waals surface area (Å²) in [6.45, 7) is 1.90. The molecule has 1 amide bonds. The van der Waals surface area contributed by atoms with Gasteiger partial charge >= 0.3 is 0 Å². The van der Waals surface area contributed by atoms with Gasteiger partial charge in [0.25, 0.3) is 5.91 Å². The van der Waals surface area contributed by atoms with Gasteiger partial charge in [-0.05, 0) is 30.0 Å². The quantitative estimate of drug-likeness (QED) is 0.759. The zero-order valence-corrected chi connectivity index (χ0v) is 11.6. The Kier molecular flexibility index (Phi) is 3.12. The summed E-state index contributed by atoms with van der Waals surface area (Å²) in [5.74, 6) is -0.395. The fourth-order valence-electron chi connectivity index (χ4n) is 2.02. The molecule has 0 saturated heterocycles. The minimum absolute atomic E-state index is 0.124. The van der Waals surface area contributed by atoms with Crippen LogP contribution in [0.4, 0.5) is 5.69 Å². The molecule has 5 heteroatoms. The molecule has 3 rings (SSSR count). The van der Waals surface area contributed by atoms with Crippen molar-refractivity contribution >= 4 is 33.1 Å². The van der Waals surface area contributed by atoms with Crippen molar-refractivity contribution in [2.24, 2.45) is 0 Å². The summed E-state index contributed by atoms with van der Waals surface area (Å²) in [4.78, 5) is 28.2. The predicted molar refractivity (Wildman–Crippen MR) is 81.6 cm³/mol. The summed E-state index contributed by atoms with van der Waals surface area (Å²) >= 11 is 1.44. The molecule has 4 nitrogen and oxygen atoms in total. The maximum atomic E-state index is 12.2. The summed E-state index contributed by atoms with van der Waals surface area (Å²) in [6.07, 6.45) is 1.47. The SMILES string of the molecule is Cc1ccccc1NC(=O)c1c[nH]c2sccc2c1=O. The second-order valence-electron chi connectivity index (χ2n) is 4.46. The number of H-pyrrole nitrogens is 1. The normalized spacial score (nSPS) is 10.7. The summed E-state index contributed by atoms with van der Waals surface area (Å²) in [7, 11) is 0. The number of fused-ring (bicyclic) bond motifs is 1. The second kappa shape index (κ2) is 4.94. The van der Waals surface area contributed by atoms with Gasteiger partial charge in [-0.2, -0.15) is 0 Å². The molecule has 0 atom stereocenters. The van der Waals surface area contributed by atoms with Gasteiger partial charge in [-0.25, -0.2) is 0 Å². The lowest BCUT2D eigenvalue weighted by Gasteiger charge is -2.07. The van der Waals surface area contributed by atoms with Gasteiger partial charge < -0.3 is 10.3 Å². The molecule has 1 aromatic carbocycles. The molecule has 0 aliphatic heterocycles. The van der Waals surface area contributed by atoms with E-state index >= 15 is 0 Å². The predicted octanol–water partition coefficient (Wildman–Crippen LogP) is 3.15. The van der Waals surface area contributed by atoms with E-state index in [9.17, 15) is 9.59 Å². The summed E-state index contributed by atoms with van der Waals surface area (Å²) in [6, 6.07) is 9.18. The van der Waals surface area contributed by atoms with Crippen molar-refractivity contribution in [1.29, 1.82) is 0 Å². The van der Waals surface area contributed by atoms with Crippen molar-refractivity contribution in [3.05, 3.63) is 63.3 Å². The molecule has 2 aromatic heterocycles. The number of aryl methyl sites for hydroxylation is 1. The number of hydrogen-bond acceptors (Lipinski definition) is 3. The van der Waals surface area contributed by atoms with Crippen LogP contribution in [-0.2, 0) is 0 Å². The highest BCUT2D eigenvalue weighted by molar-refractivity contribution is 7.16. The molecule has 0 aliphatic rings. The van der Waals surface area contributed by atoms with E-state index in [0.29, 0.717) is 11.1 Å². The third-order valence-electron chi connectivity index (χ3n) is 3.14. The number of hydrogen-bond donors (Lipinski definition) is 2. The first-order valence-electron chi connectivity index (χ1n) is 6.12. The summed E-state index contributed by atoms with van der Waals surface area (Å²) in [5, 5.41) is 5.14. The standard InChI is InChI=1S/C15H12N2O2S/c1-9-4-2-3-5-12(9)17-14(19)11-8-16-15-10(13(11)18)6-7-20-15/h2-8H,1H3,(H,16,18)(H,17,19). The number of thiophene rings is 1. The van der Waals surface area contributed by atoms with Crippen LogP contribution in [0.5, 0.6) is 0 Å². The van der Waals surface area contributed by atoms with Crippen LogP contribution in [0.2, 0.25) is 0 Å².